The van der Waals surface area contributed by atoms with Gasteiger partial charge in [0.2, 0.25) is 5.91 Å². The van der Waals surface area contributed by atoms with Crippen molar-refractivity contribution < 1.29 is 23.6 Å². The van der Waals surface area contributed by atoms with E-state index in [0.29, 0.717) is 30.4 Å². The van der Waals surface area contributed by atoms with Crippen LogP contribution in [0.1, 0.15) is 11.5 Å². The smallest absolute Gasteiger partial charge is 0.325 e. The molecular weight excluding hydrogens is 390 g/mol. The molecular formula is C20H25N5O5. The molecule has 2 aliphatic heterocycles. The highest BCUT2D eigenvalue weighted by Gasteiger charge is 2.21. The monoisotopic (exact) mass is 415 g/mol. The summed E-state index contributed by atoms with van der Waals surface area (Å²) in [6, 6.07) is 6.46. The van der Waals surface area contributed by atoms with Crippen LogP contribution in [0.15, 0.2) is 28.8 Å². The van der Waals surface area contributed by atoms with Gasteiger partial charge in [-0.05, 0) is 19.1 Å². The van der Waals surface area contributed by atoms with E-state index in [1.54, 1.807) is 18.2 Å². The Balaban J connectivity index is 1.19. The van der Waals surface area contributed by atoms with Gasteiger partial charge in [-0.2, -0.15) is 0 Å². The third-order valence-corrected chi connectivity index (χ3v) is 4.95. The first-order valence-corrected chi connectivity index (χ1v) is 9.92. The van der Waals surface area contributed by atoms with Gasteiger partial charge in [-0.25, -0.2) is 4.79 Å². The van der Waals surface area contributed by atoms with Crippen LogP contribution < -0.4 is 20.1 Å². The third-order valence-electron chi connectivity index (χ3n) is 4.95. The number of carbonyl (C=O) groups is 2. The molecule has 4 rings (SSSR count). The summed E-state index contributed by atoms with van der Waals surface area (Å²) < 4.78 is 16.0. The molecule has 160 valence electrons. The molecule has 10 nitrogen and oxygen atoms in total. The molecule has 0 bridgehead atoms. The molecule has 0 radical (unpaired) electrons. The Kier molecular flexibility index (Phi) is 6.15. The van der Waals surface area contributed by atoms with E-state index in [1.165, 1.54) is 0 Å². The lowest BCUT2D eigenvalue weighted by Gasteiger charge is -2.33. The molecule has 30 heavy (non-hydrogen) atoms. The number of imide groups is 1. The number of ether oxygens (including phenoxy) is 2. The van der Waals surface area contributed by atoms with E-state index >= 15 is 0 Å². The van der Waals surface area contributed by atoms with E-state index < -0.39 is 6.03 Å². The van der Waals surface area contributed by atoms with Gasteiger partial charge in [0.15, 0.2) is 11.5 Å². The van der Waals surface area contributed by atoms with Crippen LogP contribution in [0.2, 0.25) is 0 Å². The van der Waals surface area contributed by atoms with Crippen LogP contribution in [0.3, 0.4) is 0 Å². The predicted molar refractivity (Wildman–Crippen MR) is 108 cm³/mol. The maximum atomic E-state index is 12.2. The molecule has 2 aromatic rings. The van der Waals surface area contributed by atoms with Gasteiger partial charge in [-0.3, -0.25) is 19.9 Å². The zero-order valence-electron chi connectivity index (χ0n) is 16.8. The lowest BCUT2D eigenvalue weighted by Crippen LogP contribution is -2.50. The molecule has 1 saturated heterocycles. The van der Waals surface area contributed by atoms with Crippen molar-refractivity contribution in [1.82, 2.24) is 20.3 Å². The standard InChI is InChI=1S/C20H25N5O5/c1-14-10-16(23-30-14)12-24-4-6-25(7-5-24)13-19(26)22-20(27)21-15-2-3-17-18(11-15)29-9-8-28-17/h2-3,10-11H,4-9,12-13H2,1H3,(H2,21,22,26,27). The Morgan fingerprint density at radius 3 is 2.50 bits per heavy atom. The normalized spacial score (nSPS) is 16.8. The van der Waals surface area contributed by atoms with Gasteiger partial charge < -0.3 is 19.3 Å². The van der Waals surface area contributed by atoms with Crippen LogP contribution in [0.25, 0.3) is 0 Å². The average Bonchev–Trinajstić information content (AvgIpc) is 3.14. The maximum Gasteiger partial charge on any atom is 0.325 e. The summed E-state index contributed by atoms with van der Waals surface area (Å²) in [5, 5.41) is 9.03. The highest BCUT2D eigenvalue weighted by atomic mass is 16.6. The molecule has 0 spiro atoms. The second-order valence-electron chi connectivity index (χ2n) is 7.34. The number of hydrogen-bond acceptors (Lipinski definition) is 8. The van der Waals surface area contributed by atoms with Crippen molar-refractivity contribution >= 4 is 17.6 Å². The molecule has 3 amide bonds. The van der Waals surface area contributed by atoms with Crippen molar-refractivity contribution in [2.75, 3.05) is 51.3 Å². The zero-order chi connectivity index (χ0) is 20.9. The predicted octanol–water partition coefficient (Wildman–Crippen LogP) is 1.22. The van der Waals surface area contributed by atoms with Crippen LogP contribution in [0.4, 0.5) is 10.5 Å². The van der Waals surface area contributed by atoms with E-state index in [1.807, 2.05) is 17.9 Å². The van der Waals surface area contributed by atoms with Crippen LogP contribution >= 0.6 is 0 Å². The first-order valence-electron chi connectivity index (χ1n) is 9.92. The molecule has 10 heteroatoms. The van der Waals surface area contributed by atoms with E-state index in [9.17, 15) is 9.59 Å². The molecule has 0 unspecified atom stereocenters. The Hall–Kier alpha value is -3.11. The van der Waals surface area contributed by atoms with Crippen LogP contribution in [-0.4, -0.2) is 72.8 Å². The number of hydrogen-bond donors (Lipinski definition) is 2. The SMILES string of the molecule is Cc1cc(CN2CCN(CC(=O)NC(=O)Nc3ccc4c(c3)OCCO4)CC2)no1. The van der Waals surface area contributed by atoms with Crippen LogP contribution in [-0.2, 0) is 11.3 Å². The number of benzene rings is 1. The van der Waals surface area contributed by atoms with E-state index in [-0.39, 0.29) is 12.5 Å². The zero-order valence-corrected chi connectivity index (χ0v) is 16.8. The average molecular weight is 415 g/mol. The van der Waals surface area contributed by atoms with Crippen molar-refractivity contribution in [3.05, 3.63) is 35.7 Å². The first kappa shape index (κ1) is 20.2. The van der Waals surface area contributed by atoms with Gasteiger partial charge in [0.1, 0.15) is 19.0 Å². The molecule has 1 aromatic carbocycles. The highest BCUT2D eigenvalue weighted by molar-refractivity contribution is 6.01. The minimum absolute atomic E-state index is 0.172. The number of aromatic nitrogens is 1. The third kappa shape index (κ3) is 5.28. The Morgan fingerprint density at radius 2 is 1.77 bits per heavy atom. The number of piperazine rings is 1. The number of urea groups is 1. The number of nitrogens with one attached hydrogen (secondary N) is 2. The summed E-state index contributed by atoms with van der Waals surface area (Å²) in [6.45, 7) is 6.88. The fourth-order valence-corrected chi connectivity index (χ4v) is 3.48. The summed E-state index contributed by atoms with van der Waals surface area (Å²) in [4.78, 5) is 28.6. The van der Waals surface area contributed by atoms with Gasteiger partial charge in [0.25, 0.3) is 0 Å². The number of anilines is 1. The van der Waals surface area contributed by atoms with Crippen molar-refractivity contribution in [2.45, 2.75) is 13.5 Å². The number of amides is 3. The summed E-state index contributed by atoms with van der Waals surface area (Å²) in [6.07, 6.45) is 0. The largest absolute Gasteiger partial charge is 0.486 e. The van der Waals surface area contributed by atoms with Crippen molar-refractivity contribution in [3.63, 3.8) is 0 Å². The molecule has 0 saturated carbocycles. The summed E-state index contributed by atoms with van der Waals surface area (Å²) in [5.74, 6) is 1.67. The number of aryl methyl sites for hydroxylation is 1. The number of rotatable bonds is 5. The Morgan fingerprint density at radius 1 is 1.03 bits per heavy atom. The summed E-state index contributed by atoms with van der Waals surface area (Å²) in [7, 11) is 0. The molecule has 0 atom stereocenters. The van der Waals surface area contributed by atoms with E-state index in [0.717, 1.165) is 44.2 Å². The number of carbonyl (C=O) groups excluding carboxylic acids is 2. The molecule has 2 N–H and O–H groups in total. The minimum atomic E-state index is -0.572. The first-order chi connectivity index (χ1) is 14.5. The summed E-state index contributed by atoms with van der Waals surface area (Å²) >= 11 is 0. The van der Waals surface area contributed by atoms with E-state index in [2.05, 4.69) is 20.7 Å². The summed E-state index contributed by atoms with van der Waals surface area (Å²) in [5.41, 5.74) is 1.44. The lowest BCUT2D eigenvalue weighted by molar-refractivity contribution is -0.121. The molecule has 1 fully saturated rings. The fourth-order valence-electron chi connectivity index (χ4n) is 3.48. The van der Waals surface area contributed by atoms with Gasteiger partial charge in [-0.15, -0.1) is 0 Å². The van der Waals surface area contributed by atoms with Crippen molar-refractivity contribution in [3.8, 4) is 11.5 Å². The lowest BCUT2D eigenvalue weighted by atomic mass is 10.2. The van der Waals surface area contributed by atoms with Crippen molar-refractivity contribution in [2.24, 2.45) is 0 Å². The Labute approximate surface area is 174 Å². The van der Waals surface area contributed by atoms with Crippen LogP contribution in [0, 0.1) is 6.92 Å². The van der Waals surface area contributed by atoms with Crippen LogP contribution in [0.5, 0.6) is 11.5 Å². The van der Waals surface area contributed by atoms with Gasteiger partial charge >= 0.3 is 6.03 Å². The molecule has 0 aliphatic carbocycles. The molecule has 1 aromatic heterocycles. The second-order valence-corrected chi connectivity index (χ2v) is 7.34. The van der Waals surface area contributed by atoms with Gasteiger partial charge in [0, 0.05) is 50.5 Å². The molecule has 3 heterocycles. The molecule has 2 aliphatic rings. The van der Waals surface area contributed by atoms with Gasteiger partial charge in [-0.1, -0.05) is 5.16 Å². The number of fused-ring (bicyclic) bond motifs is 1. The maximum absolute atomic E-state index is 12.2. The fraction of sp³-hybridized carbons (Fsp3) is 0.450. The van der Waals surface area contributed by atoms with Gasteiger partial charge in [0.05, 0.1) is 12.2 Å². The second kappa shape index (κ2) is 9.14. The highest BCUT2D eigenvalue weighted by Crippen LogP contribution is 2.32. The minimum Gasteiger partial charge on any atom is -0.486 e. The van der Waals surface area contributed by atoms with E-state index in [4.69, 9.17) is 14.0 Å². The van der Waals surface area contributed by atoms with Crippen molar-refractivity contribution in [1.29, 1.82) is 0 Å². The number of nitrogens with zero attached hydrogens (tertiary/aromatic N) is 3. The topological polar surface area (TPSA) is 109 Å². The quantitative estimate of drug-likeness (QED) is 0.750. The Bertz CT molecular complexity index is 907.